The van der Waals surface area contributed by atoms with Gasteiger partial charge in [-0.3, -0.25) is 4.79 Å². The fourth-order valence-electron chi connectivity index (χ4n) is 2.24. The van der Waals surface area contributed by atoms with Crippen LogP contribution < -0.4 is 10.9 Å². The normalized spacial score (nSPS) is 10.8. The number of hydrogen-bond acceptors (Lipinski definition) is 2. The zero-order valence-electron chi connectivity index (χ0n) is 12.4. The van der Waals surface area contributed by atoms with Crippen LogP contribution in [0.25, 0.3) is 11.3 Å². The zero-order valence-corrected chi connectivity index (χ0v) is 12.4. The number of aryl methyl sites for hydroxylation is 1. The van der Waals surface area contributed by atoms with E-state index in [4.69, 9.17) is 0 Å². The van der Waals surface area contributed by atoms with E-state index in [1.807, 2.05) is 19.2 Å². The molecule has 0 aliphatic heterocycles. The van der Waals surface area contributed by atoms with Gasteiger partial charge < -0.3 is 9.88 Å². The van der Waals surface area contributed by atoms with E-state index in [0.29, 0.717) is 6.54 Å². The van der Waals surface area contributed by atoms with E-state index < -0.39 is 0 Å². The van der Waals surface area contributed by atoms with Crippen molar-refractivity contribution in [3.8, 4) is 11.3 Å². The maximum Gasteiger partial charge on any atom is 0.255 e. The minimum Gasteiger partial charge on any atom is -0.312 e. The molecule has 3 heteroatoms. The van der Waals surface area contributed by atoms with Crippen molar-refractivity contribution in [2.24, 2.45) is 7.05 Å². The van der Waals surface area contributed by atoms with Gasteiger partial charge in [0.1, 0.15) is 0 Å². The number of nitrogens with zero attached hydrogens (tertiary/aromatic N) is 1. The summed E-state index contributed by atoms with van der Waals surface area (Å²) in [7, 11) is 1.83. The molecule has 2 rings (SSSR count). The zero-order chi connectivity index (χ0) is 14.5. The Labute approximate surface area is 120 Å². The molecular formula is C17H22N2O. The van der Waals surface area contributed by atoms with Crippen LogP contribution in [0.4, 0.5) is 0 Å². The third-order valence-corrected chi connectivity index (χ3v) is 3.47. The molecule has 0 saturated carbocycles. The van der Waals surface area contributed by atoms with Gasteiger partial charge in [0.25, 0.3) is 5.56 Å². The molecule has 1 aromatic heterocycles. The maximum atomic E-state index is 12.3. The number of nitrogens with one attached hydrogen (secondary N) is 1. The van der Waals surface area contributed by atoms with Gasteiger partial charge in [-0.25, -0.2) is 0 Å². The molecule has 0 unspecified atom stereocenters. The average Bonchev–Trinajstić information content (AvgIpc) is 2.45. The second-order valence-electron chi connectivity index (χ2n) is 5.15. The SMILES string of the molecule is CCCNCc1ccc(-c2ccc(C)cc2)n(C)c1=O. The van der Waals surface area contributed by atoms with Crippen molar-refractivity contribution >= 4 is 0 Å². The van der Waals surface area contributed by atoms with Gasteiger partial charge in [-0.15, -0.1) is 0 Å². The van der Waals surface area contributed by atoms with Crippen LogP contribution >= 0.6 is 0 Å². The van der Waals surface area contributed by atoms with Gasteiger partial charge in [0.05, 0.1) is 5.69 Å². The van der Waals surface area contributed by atoms with Gasteiger partial charge in [0, 0.05) is 19.2 Å². The second kappa shape index (κ2) is 6.53. The van der Waals surface area contributed by atoms with Crippen LogP contribution in [-0.4, -0.2) is 11.1 Å². The fraction of sp³-hybridized carbons (Fsp3) is 0.353. The van der Waals surface area contributed by atoms with Gasteiger partial charge in [-0.05, 0) is 31.5 Å². The van der Waals surface area contributed by atoms with Gasteiger partial charge in [-0.1, -0.05) is 42.8 Å². The molecule has 0 bridgehead atoms. The van der Waals surface area contributed by atoms with Crippen LogP contribution in [0.1, 0.15) is 24.5 Å². The first-order valence-corrected chi connectivity index (χ1v) is 7.10. The largest absolute Gasteiger partial charge is 0.312 e. The average molecular weight is 270 g/mol. The fourth-order valence-corrected chi connectivity index (χ4v) is 2.24. The standard InChI is InChI=1S/C17H22N2O/c1-4-11-18-12-15-9-10-16(19(3)17(15)20)14-7-5-13(2)6-8-14/h5-10,18H,4,11-12H2,1-3H3. The molecule has 1 aromatic carbocycles. The molecule has 0 amide bonds. The van der Waals surface area contributed by atoms with E-state index in [0.717, 1.165) is 29.8 Å². The third kappa shape index (κ3) is 3.17. The molecule has 0 aliphatic carbocycles. The smallest absolute Gasteiger partial charge is 0.255 e. The van der Waals surface area contributed by atoms with E-state index in [-0.39, 0.29) is 5.56 Å². The van der Waals surface area contributed by atoms with Crippen LogP contribution in [0.15, 0.2) is 41.2 Å². The first-order chi connectivity index (χ1) is 9.63. The number of benzene rings is 1. The summed E-state index contributed by atoms with van der Waals surface area (Å²) in [5.74, 6) is 0. The first-order valence-electron chi connectivity index (χ1n) is 7.10. The third-order valence-electron chi connectivity index (χ3n) is 3.47. The number of hydrogen-bond donors (Lipinski definition) is 1. The molecular weight excluding hydrogens is 248 g/mol. The molecule has 2 aromatic rings. The molecule has 20 heavy (non-hydrogen) atoms. The number of rotatable bonds is 5. The van der Waals surface area contributed by atoms with Crippen molar-refractivity contribution < 1.29 is 0 Å². The van der Waals surface area contributed by atoms with E-state index in [9.17, 15) is 4.79 Å². The Morgan fingerprint density at radius 3 is 2.45 bits per heavy atom. The van der Waals surface area contributed by atoms with Crippen molar-refractivity contribution in [2.75, 3.05) is 6.54 Å². The second-order valence-corrected chi connectivity index (χ2v) is 5.15. The highest BCUT2D eigenvalue weighted by Crippen LogP contribution is 2.18. The Bertz CT molecular complexity index is 626. The minimum absolute atomic E-state index is 0.0756. The summed E-state index contributed by atoms with van der Waals surface area (Å²) in [4.78, 5) is 12.3. The lowest BCUT2D eigenvalue weighted by atomic mass is 10.1. The summed E-state index contributed by atoms with van der Waals surface area (Å²) in [5.41, 5.74) is 4.14. The van der Waals surface area contributed by atoms with Gasteiger partial charge in [0.2, 0.25) is 0 Å². The number of aromatic nitrogens is 1. The Morgan fingerprint density at radius 1 is 1.10 bits per heavy atom. The Morgan fingerprint density at radius 2 is 1.80 bits per heavy atom. The summed E-state index contributed by atoms with van der Waals surface area (Å²) in [6.07, 6.45) is 1.07. The Balaban J connectivity index is 2.31. The predicted molar refractivity (Wildman–Crippen MR) is 83.9 cm³/mol. The van der Waals surface area contributed by atoms with E-state index in [2.05, 4.69) is 43.4 Å². The van der Waals surface area contributed by atoms with Crippen LogP contribution in [-0.2, 0) is 13.6 Å². The molecule has 0 spiro atoms. The van der Waals surface area contributed by atoms with Gasteiger partial charge in [0.15, 0.2) is 0 Å². The molecule has 0 saturated heterocycles. The van der Waals surface area contributed by atoms with Gasteiger partial charge >= 0.3 is 0 Å². The summed E-state index contributed by atoms with van der Waals surface area (Å²) < 4.78 is 1.73. The molecule has 3 nitrogen and oxygen atoms in total. The highest BCUT2D eigenvalue weighted by Gasteiger charge is 2.07. The molecule has 0 atom stereocenters. The molecule has 0 radical (unpaired) electrons. The number of pyridine rings is 1. The van der Waals surface area contributed by atoms with Crippen molar-refractivity contribution in [1.82, 2.24) is 9.88 Å². The minimum atomic E-state index is 0.0756. The molecule has 1 N–H and O–H groups in total. The summed E-state index contributed by atoms with van der Waals surface area (Å²) >= 11 is 0. The highest BCUT2D eigenvalue weighted by molar-refractivity contribution is 5.60. The molecule has 1 heterocycles. The lowest BCUT2D eigenvalue weighted by Crippen LogP contribution is -2.26. The quantitative estimate of drug-likeness (QED) is 0.848. The molecule has 106 valence electrons. The van der Waals surface area contributed by atoms with E-state index >= 15 is 0 Å². The van der Waals surface area contributed by atoms with Crippen LogP contribution in [0.3, 0.4) is 0 Å². The van der Waals surface area contributed by atoms with Crippen molar-refractivity contribution in [2.45, 2.75) is 26.8 Å². The van der Waals surface area contributed by atoms with Gasteiger partial charge in [-0.2, -0.15) is 0 Å². The Hall–Kier alpha value is -1.87. The van der Waals surface area contributed by atoms with Crippen molar-refractivity contribution in [1.29, 1.82) is 0 Å². The van der Waals surface area contributed by atoms with E-state index in [1.165, 1.54) is 5.56 Å². The summed E-state index contributed by atoms with van der Waals surface area (Å²) in [6.45, 7) is 5.74. The first kappa shape index (κ1) is 14.5. The van der Waals surface area contributed by atoms with Crippen LogP contribution in [0.5, 0.6) is 0 Å². The lowest BCUT2D eigenvalue weighted by Gasteiger charge is -2.11. The maximum absolute atomic E-state index is 12.3. The monoisotopic (exact) mass is 270 g/mol. The molecule has 0 fully saturated rings. The molecule has 0 aliphatic rings. The van der Waals surface area contributed by atoms with Crippen molar-refractivity contribution in [3.05, 3.63) is 57.9 Å². The van der Waals surface area contributed by atoms with Crippen LogP contribution in [0.2, 0.25) is 0 Å². The Kier molecular flexibility index (Phi) is 4.74. The highest BCUT2D eigenvalue weighted by atomic mass is 16.1. The summed E-state index contributed by atoms with van der Waals surface area (Å²) in [6, 6.07) is 12.2. The summed E-state index contributed by atoms with van der Waals surface area (Å²) in [5, 5.41) is 3.27. The van der Waals surface area contributed by atoms with Crippen molar-refractivity contribution in [3.63, 3.8) is 0 Å². The lowest BCUT2D eigenvalue weighted by molar-refractivity contribution is 0.664. The van der Waals surface area contributed by atoms with E-state index in [1.54, 1.807) is 4.57 Å². The van der Waals surface area contributed by atoms with Crippen LogP contribution in [0, 0.1) is 6.92 Å². The topological polar surface area (TPSA) is 34.0 Å². The predicted octanol–water partition coefficient (Wildman–Crippen LogP) is 2.86.